The molecule has 0 spiro atoms. The monoisotopic (exact) mass is 208 g/mol. The fraction of sp³-hybridized carbons (Fsp3) is 0.846. The van der Waals surface area contributed by atoms with Gasteiger partial charge in [-0.25, -0.2) is 0 Å². The van der Waals surface area contributed by atoms with Crippen molar-refractivity contribution in [3.63, 3.8) is 0 Å². The number of hydrogen-bond acceptors (Lipinski definition) is 0. The van der Waals surface area contributed by atoms with Crippen LogP contribution in [0.5, 0.6) is 0 Å². The Hall–Kier alpha value is -0.0431. The molecule has 0 nitrogen and oxygen atoms in total. The Labute approximate surface area is 89.8 Å². The molecule has 0 aromatic heterocycles. The highest BCUT2D eigenvalue weighted by Crippen LogP contribution is 2.60. The van der Waals surface area contributed by atoms with E-state index in [-0.39, 0.29) is 0 Å². The van der Waals surface area contributed by atoms with E-state index < -0.39 is 8.07 Å². The smallest absolute Gasteiger partial charge is 0.0483 e. The normalized spacial score (nSPS) is 34.8. The average Bonchev–Trinajstić information content (AvgIpc) is 2.00. The van der Waals surface area contributed by atoms with E-state index >= 15 is 0 Å². The van der Waals surface area contributed by atoms with Gasteiger partial charge in [-0.3, -0.25) is 0 Å². The van der Waals surface area contributed by atoms with Gasteiger partial charge < -0.3 is 0 Å². The maximum absolute atomic E-state index is 2.57. The molecule has 0 aromatic carbocycles. The molecule has 14 heavy (non-hydrogen) atoms. The molecule has 0 heterocycles. The predicted molar refractivity (Wildman–Crippen MR) is 66.2 cm³/mol. The molecule has 0 aliphatic heterocycles. The van der Waals surface area contributed by atoms with Crippen LogP contribution < -0.4 is 0 Å². The Balaban J connectivity index is 2.11. The van der Waals surface area contributed by atoms with Crippen LogP contribution in [0.1, 0.15) is 26.7 Å². The Morgan fingerprint density at radius 2 is 2.00 bits per heavy atom. The van der Waals surface area contributed by atoms with Gasteiger partial charge in [0.25, 0.3) is 0 Å². The Kier molecular flexibility index (Phi) is 2.23. The van der Waals surface area contributed by atoms with Crippen LogP contribution in [0.4, 0.5) is 0 Å². The van der Waals surface area contributed by atoms with E-state index in [0.717, 1.165) is 11.8 Å². The van der Waals surface area contributed by atoms with Crippen LogP contribution in [0.25, 0.3) is 0 Å². The van der Waals surface area contributed by atoms with E-state index in [1.807, 2.05) is 5.57 Å². The second kappa shape index (κ2) is 2.97. The molecule has 1 heteroatoms. The standard InChI is InChI=1S/C13H24Si/c1-13(2)11-7-6-10(12(13)8-11)9-14(3,4)5/h6,11-12H,7-9H2,1-5H3. The van der Waals surface area contributed by atoms with Crippen molar-refractivity contribution in [3.05, 3.63) is 11.6 Å². The largest absolute Gasteiger partial charge is 0.0850 e. The minimum atomic E-state index is -0.893. The second-order valence-electron chi connectivity index (χ2n) is 7.06. The molecule has 2 bridgehead atoms. The molecular weight excluding hydrogens is 184 g/mol. The summed E-state index contributed by atoms with van der Waals surface area (Å²) in [6.45, 7) is 12.4. The summed E-state index contributed by atoms with van der Waals surface area (Å²) in [4.78, 5) is 0. The number of allylic oxidation sites excluding steroid dienone is 2. The summed E-state index contributed by atoms with van der Waals surface area (Å²) < 4.78 is 0. The highest BCUT2D eigenvalue weighted by molar-refractivity contribution is 6.76. The maximum Gasteiger partial charge on any atom is 0.0483 e. The zero-order valence-corrected chi connectivity index (χ0v) is 11.4. The van der Waals surface area contributed by atoms with Crippen LogP contribution in [-0.4, -0.2) is 8.07 Å². The third-order valence-electron chi connectivity index (χ3n) is 4.32. The van der Waals surface area contributed by atoms with Crippen molar-refractivity contribution in [1.29, 1.82) is 0 Å². The Bertz CT molecular complexity index is 267. The van der Waals surface area contributed by atoms with Gasteiger partial charge in [-0.2, -0.15) is 0 Å². The lowest BCUT2D eigenvalue weighted by molar-refractivity contribution is -0.00589. The summed E-state index contributed by atoms with van der Waals surface area (Å²) in [6.07, 6.45) is 5.43. The predicted octanol–water partition coefficient (Wildman–Crippen LogP) is 4.32. The van der Waals surface area contributed by atoms with Crippen LogP contribution in [0.3, 0.4) is 0 Å². The first kappa shape index (κ1) is 10.5. The van der Waals surface area contributed by atoms with Gasteiger partial charge in [-0.05, 0) is 36.1 Å². The molecule has 1 fully saturated rings. The number of fused-ring (bicyclic) bond motifs is 1. The number of hydrogen-bond donors (Lipinski definition) is 0. The molecule has 2 atom stereocenters. The quantitative estimate of drug-likeness (QED) is 0.468. The maximum atomic E-state index is 2.57. The van der Waals surface area contributed by atoms with E-state index in [1.54, 1.807) is 0 Å². The van der Waals surface area contributed by atoms with Crippen molar-refractivity contribution in [2.75, 3.05) is 0 Å². The van der Waals surface area contributed by atoms with Gasteiger partial charge in [0.15, 0.2) is 0 Å². The van der Waals surface area contributed by atoms with Crippen molar-refractivity contribution in [2.24, 2.45) is 17.3 Å². The lowest BCUT2D eigenvalue weighted by Gasteiger charge is -2.57. The van der Waals surface area contributed by atoms with E-state index in [9.17, 15) is 0 Å². The molecule has 0 aromatic rings. The molecule has 3 rings (SSSR count). The highest BCUT2D eigenvalue weighted by atomic mass is 28.3. The first-order chi connectivity index (χ1) is 6.31. The molecule has 3 aliphatic rings. The van der Waals surface area contributed by atoms with E-state index in [4.69, 9.17) is 0 Å². The Morgan fingerprint density at radius 3 is 2.43 bits per heavy atom. The summed E-state index contributed by atoms with van der Waals surface area (Å²) in [5, 5.41) is 0. The fourth-order valence-corrected chi connectivity index (χ4v) is 4.90. The van der Waals surface area contributed by atoms with Crippen molar-refractivity contribution in [3.8, 4) is 0 Å². The summed E-state index contributed by atoms with van der Waals surface area (Å²) in [5.74, 6) is 1.94. The second-order valence-corrected chi connectivity index (χ2v) is 12.5. The van der Waals surface area contributed by atoms with Gasteiger partial charge in [0.2, 0.25) is 0 Å². The van der Waals surface area contributed by atoms with Crippen LogP contribution in [-0.2, 0) is 0 Å². The SMILES string of the molecule is CC1(C)C2CC=C(C[Si](C)(C)C)C1C2. The van der Waals surface area contributed by atoms with Gasteiger partial charge in [-0.15, -0.1) is 0 Å². The fourth-order valence-electron chi connectivity index (χ4n) is 3.29. The minimum Gasteiger partial charge on any atom is -0.0850 e. The van der Waals surface area contributed by atoms with Crippen molar-refractivity contribution in [1.82, 2.24) is 0 Å². The molecule has 0 N–H and O–H groups in total. The third-order valence-corrected chi connectivity index (χ3v) is 5.79. The first-order valence-corrected chi connectivity index (χ1v) is 9.70. The van der Waals surface area contributed by atoms with Gasteiger partial charge in [0.1, 0.15) is 0 Å². The molecule has 0 saturated heterocycles. The molecule has 0 amide bonds. The van der Waals surface area contributed by atoms with E-state index in [0.29, 0.717) is 5.41 Å². The summed E-state index contributed by atoms with van der Waals surface area (Å²) >= 11 is 0. The lowest BCUT2D eigenvalue weighted by atomic mass is 9.49. The molecular formula is C13H24Si. The summed E-state index contributed by atoms with van der Waals surface area (Å²) in [5.41, 5.74) is 2.45. The first-order valence-electron chi connectivity index (χ1n) is 5.99. The lowest BCUT2D eigenvalue weighted by Crippen LogP contribution is -2.48. The van der Waals surface area contributed by atoms with Gasteiger partial charge in [0.05, 0.1) is 0 Å². The topological polar surface area (TPSA) is 0 Å². The average molecular weight is 208 g/mol. The highest BCUT2D eigenvalue weighted by Gasteiger charge is 2.51. The minimum absolute atomic E-state index is 0.629. The van der Waals surface area contributed by atoms with Crippen LogP contribution in [0, 0.1) is 17.3 Å². The van der Waals surface area contributed by atoms with E-state index in [2.05, 4.69) is 39.6 Å². The molecule has 2 unspecified atom stereocenters. The zero-order valence-electron chi connectivity index (χ0n) is 10.4. The molecule has 1 saturated carbocycles. The molecule has 3 aliphatic carbocycles. The third kappa shape index (κ3) is 1.60. The van der Waals surface area contributed by atoms with Crippen molar-refractivity contribution >= 4 is 8.07 Å². The van der Waals surface area contributed by atoms with Crippen molar-refractivity contribution in [2.45, 2.75) is 52.4 Å². The van der Waals surface area contributed by atoms with E-state index in [1.165, 1.54) is 18.9 Å². The zero-order chi connectivity index (χ0) is 10.6. The van der Waals surface area contributed by atoms with Crippen LogP contribution in [0.15, 0.2) is 11.6 Å². The summed E-state index contributed by atoms with van der Waals surface area (Å²) in [7, 11) is -0.893. The van der Waals surface area contributed by atoms with Gasteiger partial charge in [-0.1, -0.05) is 45.1 Å². The molecule has 80 valence electrons. The van der Waals surface area contributed by atoms with Crippen molar-refractivity contribution < 1.29 is 0 Å². The number of rotatable bonds is 2. The summed E-state index contributed by atoms with van der Waals surface area (Å²) in [6, 6.07) is 1.44. The van der Waals surface area contributed by atoms with Crippen LogP contribution in [0.2, 0.25) is 25.7 Å². The Morgan fingerprint density at radius 1 is 1.36 bits per heavy atom. The van der Waals surface area contributed by atoms with Crippen LogP contribution >= 0.6 is 0 Å². The van der Waals surface area contributed by atoms with Gasteiger partial charge in [0, 0.05) is 8.07 Å². The molecule has 0 radical (unpaired) electrons. The van der Waals surface area contributed by atoms with Gasteiger partial charge >= 0.3 is 0 Å².